The van der Waals surface area contributed by atoms with E-state index in [0.29, 0.717) is 5.95 Å². The van der Waals surface area contributed by atoms with Crippen molar-refractivity contribution in [1.29, 1.82) is 0 Å². The fourth-order valence-corrected chi connectivity index (χ4v) is 4.22. The summed E-state index contributed by atoms with van der Waals surface area (Å²) < 4.78 is 5.43. The predicted octanol–water partition coefficient (Wildman–Crippen LogP) is 3.50. The number of morpholine rings is 1. The maximum Gasteiger partial charge on any atom is 0.321 e. The van der Waals surface area contributed by atoms with Crippen LogP contribution < -0.4 is 15.5 Å². The van der Waals surface area contributed by atoms with Crippen molar-refractivity contribution in [2.75, 3.05) is 75.1 Å². The molecule has 0 saturated carbocycles. The SMILES string of the molecule is CN1CCN(C(=O)Nc2ccc(-c3ccnc(Nc4ccc(N5CCOCC5)cc4)n3)cc2)CC1. The van der Waals surface area contributed by atoms with Gasteiger partial charge in [-0.05, 0) is 49.5 Å². The number of urea groups is 1. The van der Waals surface area contributed by atoms with Crippen LogP contribution in [0.25, 0.3) is 11.3 Å². The van der Waals surface area contributed by atoms with E-state index in [9.17, 15) is 4.79 Å². The quantitative estimate of drug-likeness (QED) is 0.587. The normalized spacial score (nSPS) is 16.7. The van der Waals surface area contributed by atoms with E-state index in [4.69, 9.17) is 4.74 Å². The zero-order valence-corrected chi connectivity index (χ0v) is 20.0. The molecular weight excluding hydrogens is 442 g/mol. The highest BCUT2D eigenvalue weighted by molar-refractivity contribution is 5.89. The molecule has 0 bridgehead atoms. The number of hydrogen-bond donors (Lipinski definition) is 2. The van der Waals surface area contributed by atoms with E-state index in [1.165, 1.54) is 5.69 Å². The molecule has 2 aromatic carbocycles. The van der Waals surface area contributed by atoms with Gasteiger partial charge < -0.3 is 30.1 Å². The topological polar surface area (TPSA) is 85.9 Å². The molecule has 9 heteroatoms. The minimum atomic E-state index is -0.0565. The maximum absolute atomic E-state index is 12.5. The maximum atomic E-state index is 12.5. The minimum absolute atomic E-state index is 0.0565. The Labute approximate surface area is 205 Å². The first kappa shape index (κ1) is 23.1. The van der Waals surface area contributed by atoms with Gasteiger partial charge in [0.25, 0.3) is 0 Å². The Morgan fingerprint density at radius 2 is 1.54 bits per heavy atom. The molecule has 0 unspecified atom stereocenters. The van der Waals surface area contributed by atoms with Crippen molar-refractivity contribution in [2.45, 2.75) is 0 Å². The monoisotopic (exact) mass is 473 g/mol. The molecule has 35 heavy (non-hydrogen) atoms. The summed E-state index contributed by atoms with van der Waals surface area (Å²) in [5.41, 5.74) is 4.65. The van der Waals surface area contributed by atoms with Crippen molar-refractivity contribution < 1.29 is 9.53 Å². The summed E-state index contributed by atoms with van der Waals surface area (Å²) in [6, 6.07) is 17.8. The second kappa shape index (κ2) is 10.7. The van der Waals surface area contributed by atoms with Crippen LogP contribution in [0.3, 0.4) is 0 Å². The molecule has 0 atom stereocenters. The second-order valence-corrected chi connectivity index (χ2v) is 8.83. The van der Waals surface area contributed by atoms with Gasteiger partial charge in [-0.2, -0.15) is 0 Å². The number of amides is 2. The molecule has 2 saturated heterocycles. The molecule has 2 N–H and O–H groups in total. The number of rotatable bonds is 5. The molecule has 5 rings (SSSR count). The molecule has 2 aliphatic rings. The molecule has 0 radical (unpaired) electrons. The molecule has 0 spiro atoms. The Morgan fingerprint density at radius 3 is 2.26 bits per heavy atom. The molecule has 182 valence electrons. The van der Waals surface area contributed by atoms with Crippen LogP contribution in [-0.2, 0) is 4.74 Å². The van der Waals surface area contributed by atoms with Crippen molar-refractivity contribution in [3.8, 4) is 11.3 Å². The molecular formula is C26H31N7O2. The summed E-state index contributed by atoms with van der Waals surface area (Å²) in [6.45, 7) is 6.64. The van der Waals surface area contributed by atoms with E-state index >= 15 is 0 Å². The van der Waals surface area contributed by atoms with Gasteiger partial charge >= 0.3 is 6.03 Å². The third-order valence-corrected chi connectivity index (χ3v) is 6.38. The number of piperazine rings is 1. The van der Waals surface area contributed by atoms with Crippen LogP contribution >= 0.6 is 0 Å². The number of nitrogens with zero attached hydrogens (tertiary/aromatic N) is 5. The van der Waals surface area contributed by atoms with Crippen LogP contribution in [-0.4, -0.2) is 85.3 Å². The lowest BCUT2D eigenvalue weighted by Crippen LogP contribution is -2.48. The van der Waals surface area contributed by atoms with Crippen molar-refractivity contribution in [3.63, 3.8) is 0 Å². The van der Waals surface area contributed by atoms with Gasteiger partial charge in [-0.25, -0.2) is 14.8 Å². The lowest BCUT2D eigenvalue weighted by molar-refractivity contribution is 0.122. The number of nitrogens with one attached hydrogen (secondary N) is 2. The third kappa shape index (κ3) is 5.87. The smallest absolute Gasteiger partial charge is 0.321 e. The molecule has 2 fully saturated rings. The standard InChI is InChI=1S/C26H31N7O2/c1-31-12-14-33(15-13-31)26(34)29-22-4-2-20(3-5-22)24-10-11-27-25(30-24)28-21-6-8-23(9-7-21)32-16-18-35-19-17-32/h2-11H,12-19H2,1H3,(H,29,34)(H,27,28,30). The fourth-order valence-electron chi connectivity index (χ4n) is 4.22. The number of anilines is 4. The summed E-state index contributed by atoms with van der Waals surface area (Å²) in [4.78, 5) is 28.0. The Kier molecular flexibility index (Phi) is 7.06. The van der Waals surface area contributed by atoms with Crippen molar-refractivity contribution in [1.82, 2.24) is 19.8 Å². The van der Waals surface area contributed by atoms with Crippen LogP contribution in [0.15, 0.2) is 60.8 Å². The first-order chi connectivity index (χ1) is 17.1. The van der Waals surface area contributed by atoms with Gasteiger partial charge in [0.05, 0.1) is 18.9 Å². The third-order valence-electron chi connectivity index (χ3n) is 6.38. The number of hydrogen-bond acceptors (Lipinski definition) is 7. The van der Waals surface area contributed by atoms with Gasteiger partial charge in [0.15, 0.2) is 0 Å². The average molecular weight is 474 g/mol. The molecule has 2 aliphatic heterocycles. The molecule has 3 heterocycles. The number of aromatic nitrogens is 2. The largest absolute Gasteiger partial charge is 0.378 e. The van der Waals surface area contributed by atoms with Crippen LogP contribution in [0.4, 0.5) is 27.8 Å². The molecule has 9 nitrogen and oxygen atoms in total. The summed E-state index contributed by atoms with van der Waals surface area (Å²) >= 11 is 0. The van der Waals surface area contributed by atoms with E-state index in [1.807, 2.05) is 47.4 Å². The molecule has 3 aromatic rings. The lowest BCUT2D eigenvalue weighted by atomic mass is 10.1. The van der Waals surface area contributed by atoms with Crippen molar-refractivity contribution in [3.05, 3.63) is 60.8 Å². The second-order valence-electron chi connectivity index (χ2n) is 8.83. The minimum Gasteiger partial charge on any atom is -0.378 e. The van der Waals surface area contributed by atoms with Crippen LogP contribution in [0.2, 0.25) is 0 Å². The van der Waals surface area contributed by atoms with E-state index < -0.39 is 0 Å². The van der Waals surface area contributed by atoms with Gasteiger partial charge in [-0.15, -0.1) is 0 Å². The zero-order chi connectivity index (χ0) is 24.0. The number of carbonyl (C=O) groups is 1. The Morgan fingerprint density at radius 1 is 0.857 bits per heavy atom. The molecule has 0 aliphatic carbocycles. The number of ether oxygens (including phenoxy) is 1. The summed E-state index contributed by atoms with van der Waals surface area (Å²) in [7, 11) is 2.07. The Balaban J connectivity index is 1.20. The Hall–Kier alpha value is -3.69. The van der Waals surface area contributed by atoms with Gasteiger partial charge in [-0.1, -0.05) is 12.1 Å². The van der Waals surface area contributed by atoms with Crippen LogP contribution in [0.5, 0.6) is 0 Å². The van der Waals surface area contributed by atoms with Crippen LogP contribution in [0.1, 0.15) is 0 Å². The summed E-state index contributed by atoms with van der Waals surface area (Å²) in [6.07, 6.45) is 1.75. The van der Waals surface area contributed by atoms with E-state index in [2.05, 4.69) is 49.6 Å². The van der Waals surface area contributed by atoms with E-state index in [1.54, 1.807) is 6.20 Å². The fraction of sp³-hybridized carbons (Fsp3) is 0.346. The summed E-state index contributed by atoms with van der Waals surface area (Å²) in [5.74, 6) is 0.536. The van der Waals surface area contributed by atoms with E-state index in [0.717, 1.165) is 75.1 Å². The zero-order valence-electron chi connectivity index (χ0n) is 20.0. The van der Waals surface area contributed by atoms with Crippen molar-refractivity contribution >= 4 is 29.0 Å². The number of carbonyl (C=O) groups excluding carboxylic acids is 1. The van der Waals surface area contributed by atoms with Gasteiger partial charge in [0.1, 0.15) is 0 Å². The average Bonchev–Trinajstić information content (AvgIpc) is 2.91. The highest BCUT2D eigenvalue weighted by Gasteiger charge is 2.19. The predicted molar refractivity (Wildman–Crippen MR) is 138 cm³/mol. The van der Waals surface area contributed by atoms with E-state index in [-0.39, 0.29) is 6.03 Å². The molecule has 1 aromatic heterocycles. The van der Waals surface area contributed by atoms with Gasteiger partial charge in [0.2, 0.25) is 5.95 Å². The number of benzene rings is 2. The van der Waals surface area contributed by atoms with Crippen molar-refractivity contribution in [2.24, 2.45) is 0 Å². The van der Waals surface area contributed by atoms with Gasteiger partial charge in [0, 0.05) is 68.1 Å². The van der Waals surface area contributed by atoms with Gasteiger partial charge in [-0.3, -0.25) is 0 Å². The lowest BCUT2D eigenvalue weighted by Gasteiger charge is -2.32. The van der Waals surface area contributed by atoms with Crippen LogP contribution in [0, 0.1) is 0 Å². The first-order valence-electron chi connectivity index (χ1n) is 12.0. The highest BCUT2D eigenvalue weighted by atomic mass is 16.5. The Bertz CT molecular complexity index is 1120. The number of likely N-dealkylation sites (N-methyl/N-ethyl adjacent to an activating group) is 1. The molecule has 2 amide bonds. The highest BCUT2D eigenvalue weighted by Crippen LogP contribution is 2.23. The summed E-state index contributed by atoms with van der Waals surface area (Å²) in [5, 5.41) is 6.28. The first-order valence-corrected chi connectivity index (χ1v) is 12.0.